The van der Waals surface area contributed by atoms with Crippen molar-refractivity contribution in [3.05, 3.63) is 134 Å². The molecule has 4 nitrogen and oxygen atoms in total. The smallest absolute Gasteiger partial charge is 0.107 e. The van der Waals surface area contributed by atoms with E-state index in [9.17, 15) is 0 Å². The first-order valence-corrected chi connectivity index (χ1v) is 14.4. The van der Waals surface area contributed by atoms with Gasteiger partial charge in [0.05, 0.1) is 0 Å². The predicted octanol–water partition coefficient (Wildman–Crippen LogP) is 9.72. The van der Waals surface area contributed by atoms with E-state index in [0.717, 1.165) is 38.1 Å². The number of pyridine rings is 1. The number of para-hydroxylation sites is 1. The fourth-order valence-corrected chi connectivity index (χ4v) is 6.02. The average molecular weight is 746 g/mol. The second kappa shape index (κ2) is 11.4. The van der Waals surface area contributed by atoms with Gasteiger partial charge in [-0.2, -0.15) is 22.8 Å². The van der Waals surface area contributed by atoms with Crippen LogP contribution in [0.15, 0.2) is 110 Å². The van der Waals surface area contributed by atoms with E-state index in [1.54, 1.807) is 11.3 Å². The second-order valence-corrected chi connectivity index (χ2v) is 12.1. The minimum absolute atomic E-state index is 0. The summed E-state index contributed by atoms with van der Waals surface area (Å²) in [6.45, 7) is 8.72. The van der Waals surface area contributed by atoms with Crippen LogP contribution in [0.25, 0.3) is 32.1 Å². The Balaban J connectivity index is 0.00000316. The van der Waals surface area contributed by atoms with Crippen molar-refractivity contribution >= 4 is 43.6 Å². The number of rotatable bonds is 5. The maximum atomic E-state index is 6.38. The Morgan fingerprint density at radius 2 is 1.62 bits per heavy atom. The molecule has 0 saturated heterocycles. The molecule has 212 valence electrons. The van der Waals surface area contributed by atoms with E-state index in [0.29, 0.717) is 10.8 Å². The van der Waals surface area contributed by atoms with Gasteiger partial charge in [-0.15, -0.1) is 36.6 Å². The van der Waals surface area contributed by atoms with Crippen LogP contribution in [-0.2, 0) is 26.5 Å². The standard InChI is InChI=1S/C36H28N3OS.Pt/c1-36(2,3)26-16-17-37-32(21-26)35-30-15-8-7-10-25(30)20-33-31(35)23-34(41-33)40-29-14-9-13-28(22-29)39-19-18-38(24-39)27-11-5-4-6-12-27;/h4-21,24H,1-3H3;/q-3;. The number of thiophene rings is 1. The van der Waals surface area contributed by atoms with Crippen LogP contribution in [0.5, 0.6) is 10.8 Å². The van der Waals surface area contributed by atoms with Crippen molar-refractivity contribution in [2.24, 2.45) is 0 Å². The number of benzene rings is 4. The fraction of sp³-hybridized carbons (Fsp3) is 0.111. The molecule has 2 aromatic heterocycles. The van der Waals surface area contributed by atoms with Gasteiger partial charge in [0.15, 0.2) is 0 Å². The Labute approximate surface area is 265 Å². The second-order valence-electron chi connectivity index (χ2n) is 11.1. The third-order valence-electron chi connectivity index (χ3n) is 7.25. The molecule has 3 heterocycles. The van der Waals surface area contributed by atoms with Gasteiger partial charge in [0.2, 0.25) is 0 Å². The zero-order valence-electron chi connectivity index (χ0n) is 23.4. The first kappa shape index (κ1) is 28.2. The zero-order valence-corrected chi connectivity index (χ0v) is 26.5. The summed E-state index contributed by atoms with van der Waals surface area (Å²) in [5.41, 5.74) is 5.31. The van der Waals surface area contributed by atoms with Gasteiger partial charge >= 0.3 is 0 Å². The molecular weight excluding hydrogens is 718 g/mol. The van der Waals surface area contributed by atoms with Crippen LogP contribution < -0.4 is 14.5 Å². The summed E-state index contributed by atoms with van der Waals surface area (Å²) in [5, 5.41) is 4.05. The van der Waals surface area contributed by atoms with Crippen molar-refractivity contribution in [1.29, 1.82) is 0 Å². The summed E-state index contributed by atoms with van der Waals surface area (Å²) in [7, 11) is 0. The molecule has 0 spiro atoms. The third-order valence-corrected chi connectivity index (χ3v) is 8.16. The molecule has 0 aliphatic carbocycles. The van der Waals surface area contributed by atoms with Crippen molar-refractivity contribution in [2.45, 2.75) is 26.2 Å². The van der Waals surface area contributed by atoms with Gasteiger partial charge < -0.3 is 14.5 Å². The van der Waals surface area contributed by atoms with Crippen molar-refractivity contribution in [1.82, 2.24) is 4.98 Å². The van der Waals surface area contributed by atoms with Crippen LogP contribution >= 0.6 is 11.3 Å². The third kappa shape index (κ3) is 5.47. The summed E-state index contributed by atoms with van der Waals surface area (Å²) < 4.78 is 7.49. The molecule has 0 unspecified atom stereocenters. The molecule has 0 saturated carbocycles. The van der Waals surface area contributed by atoms with Crippen LogP contribution in [0.3, 0.4) is 0 Å². The Kier molecular flexibility index (Phi) is 7.65. The van der Waals surface area contributed by atoms with Crippen molar-refractivity contribution in [2.75, 3.05) is 9.80 Å². The predicted molar refractivity (Wildman–Crippen MR) is 170 cm³/mol. The van der Waals surface area contributed by atoms with Crippen molar-refractivity contribution in [3.8, 4) is 22.1 Å². The summed E-state index contributed by atoms with van der Waals surface area (Å²) in [4.78, 5) is 8.93. The first-order chi connectivity index (χ1) is 19.9. The number of aromatic nitrogens is 1. The molecule has 0 amide bonds. The Morgan fingerprint density at radius 3 is 2.45 bits per heavy atom. The minimum Gasteiger partial charge on any atom is -0.500 e. The fourth-order valence-electron chi connectivity index (χ4n) is 5.10. The van der Waals surface area contributed by atoms with E-state index in [4.69, 9.17) is 9.72 Å². The molecule has 7 rings (SSSR count). The number of hydrogen-bond donors (Lipinski definition) is 0. The van der Waals surface area contributed by atoms with Crippen LogP contribution in [0, 0.1) is 18.8 Å². The molecular formula is C36H28N3OPtS-3. The van der Waals surface area contributed by atoms with Gasteiger partial charge in [-0.25, -0.2) is 0 Å². The topological polar surface area (TPSA) is 28.6 Å². The van der Waals surface area contributed by atoms with Gasteiger partial charge in [-0.3, -0.25) is 4.98 Å². The largest absolute Gasteiger partial charge is 0.500 e. The van der Waals surface area contributed by atoms with E-state index in [1.165, 1.54) is 10.9 Å². The molecule has 4 aromatic carbocycles. The van der Waals surface area contributed by atoms with E-state index >= 15 is 0 Å². The van der Waals surface area contributed by atoms with Gasteiger partial charge in [0.25, 0.3) is 0 Å². The molecule has 0 bridgehead atoms. The monoisotopic (exact) mass is 745 g/mol. The molecule has 0 N–H and O–H groups in total. The van der Waals surface area contributed by atoms with Crippen LogP contribution in [-0.4, -0.2) is 4.98 Å². The average Bonchev–Trinajstić information content (AvgIpc) is 3.63. The van der Waals surface area contributed by atoms with Crippen LogP contribution in [0.2, 0.25) is 0 Å². The van der Waals surface area contributed by atoms with E-state index in [2.05, 4.69) is 92.4 Å². The summed E-state index contributed by atoms with van der Waals surface area (Å²) in [5.74, 6) is 0.643. The van der Waals surface area contributed by atoms with E-state index in [-0.39, 0.29) is 26.5 Å². The van der Waals surface area contributed by atoms with Gasteiger partial charge in [-0.1, -0.05) is 85.0 Å². The number of anilines is 2. The van der Waals surface area contributed by atoms with Crippen LogP contribution in [0.1, 0.15) is 26.3 Å². The summed E-state index contributed by atoms with van der Waals surface area (Å²) >= 11 is 1.59. The normalized spacial score (nSPS) is 13.1. The number of hydrogen-bond acceptors (Lipinski definition) is 5. The van der Waals surface area contributed by atoms with Gasteiger partial charge in [0, 0.05) is 44.4 Å². The SMILES string of the molecule is CC(C)(C)c1ccnc(-c2c3[c-]c(Oc4[c-]c(N5C=CN(c6ccccc6)[CH-]5)ccc4)sc3cc3ccccc23)c1.[Pt]. The molecule has 1 aliphatic rings. The van der Waals surface area contributed by atoms with E-state index in [1.807, 2.05) is 66.6 Å². The Hall–Kier alpha value is -3.92. The molecule has 0 atom stereocenters. The number of fused-ring (bicyclic) bond motifs is 2. The summed E-state index contributed by atoms with van der Waals surface area (Å²) in [6, 6.07) is 38.2. The quantitative estimate of drug-likeness (QED) is 0.165. The maximum absolute atomic E-state index is 6.38. The van der Waals surface area contributed by atoms with Gasteiger partial charge in [0.1, 0.15) is 5.06 Å². The molecule has 0 fully saturated rings. The number of ether oxygens (including phenoxy) is 1. The first-order valence-electron chi connectivity index (χ1n) is 13.6. The van der Waals surface area contributed by atoms with Crippen molar-refractivity contribution < 1.29 is 25.8 Å². The number of nitrogens with zero attached hydrogens (tertiary/aromatic N) is 3. The molecule has 6 heteroatoms. The van der Waals surface area contributed by atoms with E-state index < -0.39 is 0 Å². The molecule has 0 radical (unpaired) electrons. The van der Waals surface area contributed by atoms with Crippen LogP contribution in [0.4, 0.5) is 11.4 Å². The minimum atomic E-state index is 0. The Morgan fingerprint density at radius 1 is 0.833 bits per heavy atom. The molecule has 6 aromatic rings. The zero-order chi connectivity index (χ0) is 28.0. The van der Waals surface area contributed by atoms with Crippen molar-refractivity contribution in [3.63, 3.8) is 0 Å². The Bertz CT molecular complexity index is 1910. The maximum Gasteiger partial charge on any atom is 0.107 e. The molecule has 1 aliphatic heterocycles. The molecule has 42 heavy (non-hydrogen) atoms. The summed E-state index contributed by atoms with van der Waals surface area (Å²) in [6.07, 6.45) is 5.96. The van der Waals surface area contributed by atoms with Gasteiger partial charge in [-0.05, 0) is 53.0 Å².